The molecule has 1 rings (SSSR count). The van der Waals surface area contributed by atoms with E-state index >= 15 is 0 Å². The Hall–Kier alpha value is -1.15. The van der Waals surface area contributed by atoms with Gasteiger partial charge in [-0.15, -0.1) is 6.58 Å². The summed E-state index contributed by atoms with van der Waals surface area (Å²) in [6.45, 7) is 3.61. The average Bonchev–Trinajstić information content (AvgIpc) is 2.19. The van der Waals surface area contributed by atoms with Crippen molar-refractivity contribution in [1.82, 2.24) is 0 Å². The van der Waals surface area contributed by atoms with Crippen molar-refractivity contribution < 1.29 is 9.50 Å². The highest BCUT2D eigenvalue weighted by Gasteiger charge is 2.06. The lowest BCUT2D eigenvalue weighted by molar-refractivity contribution is 0.165. The SMILES string of the molecule is C=CCCCC(O)c1ccc(F)cc1. The molecule has 0 amide bonds. The Morgan fingerprint density at radius 3 is 2.57 bits per heavy atom. The second-order valence-electron chi connectivity index (χ2n) is 3.29. The maximum Gasteiger partial charge on any atom is 0.123 e. The molecule has 14 heavy (non-hydrogen) atoms. The molecule has 0 bridgehead atoms. The average molecular weight is 194 g/mol. The van der Waals surface area contributed by atoms with Crippen molar-refractivity contribution in [3.05, 3.63) is 48.3 Å². The Kier molecular flexibility index (Phi) is 4.33. The van der Waals surface area contributed by atoms with Crippen LogP contribution in [0.25, 0.3) is 0 Å². The number of rotatable bonds is 5. The van der Waals surface area contributed by atoms with E-state index in [1.807, 2.05) is 6.08 Å². The number of hydrogen-bond acceptors (Lipinski definition) is 1. The number of aliphatic hydroxyl groups excluding tert-OH is 1. The van der Waals surface area contributed by atoms with Gasteiger partial charge in [-0.05, 0) is 37.0 Å². The van der Waals surface area contributed by atoms with Gasteiger partial charge >= 0.3 is 0 Å². The summed E-state index contributed by atoms with van der Waals surface area (Å²) in [4.78, 5) is 0. The third-order valence-corrected chi connectivity index (χ3v) is 2.14. The van der Waals surface area contributed by atoms with Gasteiger partial charge in [0, 0.05) is 0 Å². The lowest BCUT2D eigenvalue weighted by Gasteiger charge is -2.09. The van der Waals surface area contributed by atoms with Gasteiger partial charge in [-0.2, -0.15) is 0 Å². The molecule has 76 valence electrons. The van der Waals surface area contributed by atoms with Gasteiger partial charge in [0.2, 0.25) is 0 Å². The highest BCUT2D eigenvalue weighted by Crippen LogP contribution is 2.19. The molecule has 1 aromatic rings. The van der Waals surface area contributed by atoms with Crippen LogP contribution >= 0.6 is 0 Å². The molecule has 0 radical (unpaired) electrons. The van der Waals surface area contributed by atoms with Gasteiger partial charge in [-0.25, -0.2) is 4.39 Å². The van der Waals surface area contributed by atoms with E-state index in [2.05, 4.69) is 6.58 Å². The standard InChI is InChI=1S/C12H15FO/c1-2-3-4-5-12(14)10-6-8-11(13)9-7-10/h2,6-9,12,14H,1,3-5H2. The normalized spacial score (nSPS) is 12.4. The highest BCUT2D eigenvalue weighted by atomic mass is 19.1. The Labute approximate surface area is 83.9 Å². The van der Waals surface area contributed by atoms with E-state index in [-0.39, 0.29) is 5.82 Å². The minimum atomic E-state index is -0.490. The number of benzene rings is 1. The lowest BCUT2D eigenvalue weighted by Crippen LogP contribution is -1.96. The maximum absolute atomic E-state index is 12.6. The fraction of sp³-hybridized carbons (Fsp3) is 0.333. The van der Waals surface area contributed by atoms with Gasteiger partial charge in [0.1, 0.15) is 5.82 Å². The number of unbranched alkanes of at least 4 members (excludes halogenated alkanes) is 1. The third-order valence-electron chi connectivity index (χ3n) is 2.14. The molecule has 0 saturated heterocycles. The van der Waals surface area contributed by atoms with Gasteiger partial charge in [-0.3, -0.25) is 0 Å². The molecule has 1 nitrogen and oxygen atoms in total. The van der Waals surface area contributed by atoms with Crippen LogP contribution in [0.3, 0.4) is 0 Å². The van der Waals surface area contributed by atoms with Crippen molar-refractivity contribution in [1.29, 1.82) is 0 Å². The lowest BCUT2D eigenvalue weighted by atomic mass is 10.0. The Bertz CT molecular complexity index is 279. The smallest absolute Gasteiger partial charge is 0.123 e. The van der Waals surface area contributed by atoms with Gasteiger partial charge < -0.3 is 5.11 Å². The van der Waals surface area contributed by atoms with Crippen LogP contribution in [0.2, 0.25) is 0 Å². The van der Waals surface area contributed by atoms with Gasteiger partial charge in [0.05, 0.1) is 6.10 Å². The first-order valence-corrected chi connectivity index (χ1v) is 4.78. The van der Waals surface area contributed by atoms with Crippen LogP contribution in [0.15, 0.2) is 36.9 Å². The van der Waals surface area contributed by atoms with Crippen molar-refractivity contribution >= 4 is 0 Å². The minimum absolute atomic E-state index is 0.271. The van der Waals surface area contributed by atoms with Gasteiger partial charge in [-0.1, -0.05) is 18.2 Å². The van der Waals surface area contributed by atoms with Gasteiger partial charge in [0.15, 0.2) is 0 Å². The number of allylic oxidation sites excluding steroid dienone is 1. The Morgan fingerprint density at radius 1 is 1.36 bits per heavy atom. The summed E-state index contributed by atoms with van der Waals surface area (Å²) >= 11 is 0. The molecule has 0 aliphatic rings. The number of halogens is 1. The summed E-state index contributed by atoms with van der Waals surface area (Å²) in [5.41, 5.74) is 0.774. The number of aliphatic hydroxyl groups is 1. The molecule has 1 atom stereocenters. The van der Waals surface area contributed by atoms with E-state index in [9.17, 15) is 9.50 Å². The molecule has 1 unspecified atom stereocenters. The van der Waals surface area contributed by atoms with Crippen molar-refractivity contribution in [3.8, 4) is 0 Å². The first-order valence-electron chi connectivity index (χ1n) is 4.78. The first-order chi connectivity index (χ1) is 6.74. The van der Waals surface area contributed by atoms with E-state index in [1.54, 1.807) is 12.1 Å². The van der Waals surface area contributed by atoms with Crippen molar-refractivity contribution in [2.75, 3.05) is 0 Å². The molecule has 0 fully saturated rings. The zero-order valence-electron chi connectivity index (χ0n) is 8.12. The van der Waals surface area contributed by atoms with E-state index in [0.717, 1.165) is 18.4 Å². The van der Waals surface area contributed by atoms with E-state index in [1.165, 1.54) is 12.1 Å². The van der Waals surface area contributed by atoms with Crippen LogP contribution in [0.4, 0.5) is 4.39 Å². The van der Waals surface area contributed by atoms with E-state index < -0.39 is 6.10 Å². The molecule has 0 saturated carbocycles. The van der Waals surface area contributed by atoms with Crippen molar-refractivity contribution in [3.63, 3.8) is 0 Å². The van der Waals surface area contributed by atoms with E-state index in [4.69, 9.17) is 0 Å². The van der Waals surface area contributed by atoms with Crippen molar-refractivity contribution in [2.24, 2.45) is 0 Å². The summed E-state index contributed by atoms with van der Waals surface area (Å²) in [6, 6.07) is 5.97. The predicted molar refractivity (Wildman–Crippen MR) is 55.4 cm³/mol. The Balaban J connectivity index is 2.47. The fourth-order valence-corrected chi connectivity index (χ4v) is 1.31. The molecule has 0 spiro atoms. The fourth-order valence-electron chi connectivity index (χ4n) is 1.31. The third kappa shape index (κ3) is 3.30. The maximum atomic E-state index is 12.6. The zero-order chi connectivity index (χ0) is 10.4. The quantitative estimate of drug-likeness (QED) is 0.563. The van der Waals surface area contributed by atoms with Gasteiger partial charge in [0.25, 0.3) is 0 Å². The van der Waals surface area contributed by atoms with Crippen LogP contribution < -0.4 is 0 Å². The summed E-state index contributed by atoms with van der Waals surface area (Å²) in [6.07, 6.45) is 3.84. The topological polar surface area (TPSA) is 20.2 Å². The van der Waals surface area contributed by atoms with Crippen LogP contribution in [0, 0.1) is 5.82 Å². The van der Waals surface area contributed by atoms with Crippen LogP contribution in [-0.4, -0.2) is 5.11 Å². The van der Waals surface area contributed by atoms with Crippen LogP contribution in [0.5, 0.6) is 0 Å². The molecular weight excluding hydrogens is 179 g/mol. The minimum Gasteiger partial charge on any atom is -0.388 e. The largest absolute Gasteiger partial charge is 0.388 e. The molecule has 1 aromatic carbocycles. The molecule has 0 aliphatic carbocycles. The predicted octanol–water partition coefficient (Wildman–Crippen LogP) is 3.22. The summed E-state index contributed by atoms with van der Waals surface area (Å²) in [7, 11) is 0. The monoisotopic (exact) mass is 194 g/mol. The highest BCUT2D eigenvalue weighted by molar-refractivity contribution is 5.18. The molecular formula is C12H15FO. The summed E-state index contributed by atoms with van der Waals surface area (Å²) in [5, 5.41) is 9.68. The molecule has 0 aliphatic heterocycles. The molecule has 1 N–H and O–H groups in total. The molecule has 2 heteroatoms. The zero-order valence-corrected chi connectivity index (χ0v) is 8.12. The van der Waals surface area contributed by atoms with Crippen molar-refractivity contribution in [2.45, 2.75) is 25.4 Å². The number of hydrogen-bond donors (Lipinski definition) is 1. The summed E-state index contributed by atoms with van der Waals surface area (Å²) < 4.78 is 12.6. The second-order valence-corrected chi connectivity index (χ2v) is 3.29. The van der Waals surface area contributed by atoms with Crippen LogP contribution in [-0.2, 0) is 0 Å². The first kappa shape index (κ1) is 10.9. The second kappa shape index (κ2) is 5.55. The molecule has 0 heterocycles. The van der Waals surface area contributed by atoms with E-state index in [0.29, 0.717) is 6.42 Å². The summed E-state index contributed by atoms with van der Waals surface area (Å²) in [5.74, 6) is -0.271. The molecule has 0 aromatic heterocycles. The Morgan fingerprint density at radius 2 is 2.00 bits per heavy atom. The van der Waals surface area contributed by atoms with Crippen LogP contribution in [0.1, 0.15) is 30.9 Å².